The van der Waals surface area contributed by atoms with Gasteiger partial charge in [0.05, 0.1) is 0 Å². The number of ether oxygens (including phenoxy) is 1. The van der Waals surface area contributed by atoms with Gasteiger partial charge in [-0.15, -0.1) is 0 Å². The molecule has 13 heavy (non-hydrogen) atoms. The van der Waals surface area contributed by atoms with Gasteiger partial charge >= 0.3 is 0 Å². The van der Waals surface area contributed by atoms with Crippen molar-refractivity contribution >= 4 is 12.2 Å². The van der Waals surface area contributed by atoms with E-state index in [4.69, 9.17) is 17.0 Å². The van der Waals surface area contributed by atoms with Crippen LogP contribution in [-0.2, 0) is 11.3 Å². The minimum atomic E-state index is 0.701. The van der Waals surface area contributed by atoms with E-state index in [0.717, 1.165) is 26.0 Å². The highest BCUT2D eigenvalue weighted by Gasteiger charge is 1.93. The van der Waals surface area contributed by atoms with E-state index in [1.165, 1.54) is 6.42 Å². The van der Waals surface area contributed by atoms with Crippen LogP contribution in [0.15, 0.2) is 6.33 Å². The summed E-state index contributed by atoms with van der Waals surface area (Å²) in [4.78, 5) is 0. The van der Waals surface area contributed by atoms with Crippen molar-refractivity contribution in [2.75, 3.05) is 13.7 Å². The van der Waals surface area contributed by atoms with E-state index in [2.05, 4.69) is 10.2 Å². The second kappa shape index (κ2) is 5.88. The molecule has 0 aliphatic heterocycles. The molecule has 1 rings (SSSR count). The van der Waals surface area contributed by atoms with Gasteiger partial charge in [-0.1, -0.05) is 0 Å². The summed E-state index contributed by atoms with van der Waals surface area (Å²) >= 11 is 5.01. The molecular formula is C8H15N3OS. The molecule has 74 valence electrons. The van der Waals surface area contributed by atoms with Crippen molar-refractivity contribution in [2.24, 2.45) is 0 Å². The summed E-state index contributed by atoms with van der Waals surface area (Å²) in [5.41, 5.74) is 0. The third-order valence-electron chi connectivity index (χ3n) is 1.87. The van der Waals surface area contributed by atoms with E-state index in [9.17, 15) is 0 Å². The summed E-state index contributed by atoms with van der Waals surface area (Å²) in [5.74, 6) is 0. The Morgan fingerprint density at radius 2 is 2.38 bits per heavy atom. The summed E-state index contributed by atoms with van der Waals surface area (Å²) in [6, 6.07) is 0. The average Bonchev–Trinajstić information content (AvgIpc) is 2.52. The van der Waals surface area contributed by atoms with Gasteiger partial charge in [0.2, 0.25) is 0 Å². The monoisotopic (exact) mass is 201 g/mol. The molecular weight excluding hydrogens is 186 g/mol. The van der Waals surface area contributed by atoms with Crippen LogP contribution in [0.2, 0.25) is 0 Å². The first kappa shape index (κ1) is 10.4. The quantitative estimate of drug-likeness (QED) is 0.563. The number of H-pyrrole nitrogens is 1. The minimum Gasteiger partial charge on any atom is -0.385 e. The van der Waals surface area contributed by atoms with Crippen LogP contribution in [-0.4, -0.2) is 28.5 Å². The molecule has 0 amide bonds. The fraction of sp³-hybridized carbons (Fsp3) is 0.750. The van der Waals surface area contributed by atoms with E-state index in [0.29, 0.717) is 4.77 Å². The van der Waals surface area contributed by atoms with E-state index < -0.39 is 0 Å². The van der Waals surface area contributed by atoms with Gasteiger partial charge in [0, 0.05) is 20.3 Å². The first-order valence-corrected chi connectivity index (χ1v) is 4.84. The van der Waals surface area contributed by atoms with E-state index in [-0.39, 0.29) is 0 Å². The van der Waals surface area contributed by atoms with Crippen LogP contribution in [0.1, 0.15) is 19.3 Å². The Morgan fingerprint density at radius 1 is 1.54 bits per heavy atom. The Labute approximate surface area is 82.9 Å². The van der Waals surface area contributed by atoms with E-state index in [1.807, 2.05) is 4.57 Å². The molecule has 1 aromatic rings. The lowest BCUT2D eigenvalue weighted by molar-refractivity contribution is 0.191. The maximum atomic E-state index is 5.01. The van der Waals surface area contributed by atoms with Crippen molar-refractivity contribution < 1.29 is 4.74 Å². The van der Waals surface area contributed by atoms with Crippen molar-refractivity contribution in [2.45, 2.75) is 25.8 Å². The molecule has 0 atom stereocenters. The molecule has 1 aromatic heterocycles. The second-order valence-corrected chi connectivity index (χ2v) is 3.30. The Balaban J connectivity index is 2.13. The van der Waals surface area contributed by atoms with Gasteiger partial charge in [0.15, 0.2) is 4.77 Å². The van der Waals surface area contributed by atoms with E-state index >= 15 is 0 Å². The molecule has 4 nitrogen and oxygen atoms in total. The Bertz CT molecular complexity index is 281. The fourth-order valence-corrected chi connectivity index (χ4v) is 1.33. The lowest BCUT2D eigenvalue weighted by atomic mass is 10.2. The van der Waals surface area contributed by atoms with Crippen LogP contribution < -0.4 is 0 Å². The molecule has 0 aliphatic carbocycles. The molecule has 0 saturated heterocycles. The number of rotatable bonds is 6. The summed E-state index contributed by atoms with van der Waals surface area (Å²) in [6.45, 7) is 1.79. The zero-order valence-corrected chi connectivity index (χ0v) is 8.64. The number of hydrogen-bond acceptors (Lipinski definition) is 3. The second-order valence-electron chi connectivity index (χ2n) is 2.91. The Hall–Kier alpha value is -0.680. The smallest absolute Gasteiger partial charge is 0.194 e. The van der Waals surface area contributed by atoms with Crippen LogP contribution in [0.3, 0.4) is 0 Å². The Morgan fingerprint density at radius 3 is 3.00 bits per heavy atom. The van der Waals surface area contributed by atoms with Crippen LogP contribution >= 0.6 is 12.2 Å². The summed E-state index contributed by atoms with van der Waals surface area (Å²) in [7, 11) is 1.73. The number of aromatic nitrogens is 3. The molecule has 0 aliphatic rings. The molecule has 0 radical (unpaired) electrons. The van der Waals surface area contributed by atoms with Crippen molar-refractivity contribution in [1.82, 2.24) is 14.8 Å². The third-order valence-corrected chi connectivity index (χ3v) is 2.19. The lowest BCUT2D eigenvalue weighted by Crippen LogP contribution is -1.97. The molecule has 0 aromatic carbocycles. The number of nitrogens with zero attached hydrogens (tertiary/aromatic N) is 2. The standard InChI is InChI=1S/C8H15N3OS/c1-12-6-4-2-3-5-11-7-9-10-8(11)13/h7H,2-6H2,1H3,(H,10,13). The van der Waals surface area contributed by atoms with Crippen LogP contribution in [0, 0.1) is 4.77 Å². The number of nitrogens with one attached hydrogen (secondary N) is 1. The maximum Gasteiger partial charge on any atom is 0.194 e. The molecule has 0 fully saturated rings. The molecule has 1 heterocycles. The molecule has 1 N–H and O–H groups in total. The van der Waals surface area contributed by atoms with Gasteiger partial charge in [-0.05, 0) is 31.5 Å². The normalized spacial score (nSPS) is 10.5. The van der Waals surface area contributed by atoms with E-state index in [1.54, 1.807) is 13.4 Å². The highest BCUT2D eigenvalue weighted by Crippen LogP contribution is 1.99. The van der Waals surface area contributed by atoms with Gasteiger partial charge < -0.3 is 9.30 Å². The SMILES string of the molecule is COCCCCCn1cn[nH]c1=S. The summed E-state index contributed by atoms with van der Waals surface area (Å²) < 4.78 is 7.60. The largest absolute Gasteiger partial charge is 0.385 e. The van der Waals surface area contributed by atoms with Gasteiger partial charge in [0.1, 0.15) is 6.33 Å². The van der Waals surface area contributed by atoms with Gasteiger partial charge in [-0.3, -0.25) is 5.10 Å². The zero-order valence-electron chi connectivity index (χ0n) is 7.82. The molecule has 0 unspecified atom stereocenters. The topological polar surface area (TPSA) is 42.8 Å². The minimum absolute atomic E-state index is 0.701. The molecule has 0 spiro atoms. The van der Waals surface area contributed by atoms with Crippen molar-refractivity contribution in [3.05, 3.63) is 11.1 Å². The van der Waals surface area contributed by atoms with Gasteiger partial charge in [0.25, 0.3) is 0 Å². The number of aryl methyl sites for hydroxylation is 1. The lowest BCUT2D eigenvalue weighted by Gasteiger charge is -2.00. The number of hydrogen-bond donors (Lipinski definition) is 1. The predicted octanol–water partition coefficient (Wildman–Crippen LogP) is 1.76. The van der Waals surface area contributed by atoms with Gasteiger partial charge in [-0.25, -0.2) is 0 Å². The molecule has 0 saturated carbocycles. The maximum absolute atomic E-state index is 5.01. The highest BCUT2D eigenvalue weighted by atomic mass is 32.1. The zero-order chi connectivity index (χ0) is 9.52. The van der Waals surface area contributed by atoms with Crippen LogP contribution in [0.5, 0.6) is 0 Å². The third kappa shape index (κ3) is 3.69. The van der Waals surface area contributed by atoms with Crippen LogP contribution in [0.4, 0.5) is 0 Å². The molecule has 0 bridgehead atoms. The van der Waals surface area contributed by atoms with Gasteiger partial charge in [-0.2, -0.15) is 5.10 Å². The Kier molecular flexibility index (Phi) is 4.70. The van der Waals surface area contributed by atoms with Crippen molar-refractivity contribution in [3.8, 4) is 0 Å². The first-order chi connectivity index (χ1) is 6.34. The summed E-state index contributed by atoms with van der Waals surface area (Å²) in [6.07, 6.45) is 5.14. The van der Waals surface area contributed by atoms with Crippen LogP contribution in [0.25, 0.3) is 0 Å². The van der Waals surface area contributed by atoms with Crippen molar-refractivity contribution in [3.63, 3.8) is 0 Å². The number of unbranched alkanes of at least 4 members (excludes halogenated alkanes) is 2. The first-order valence-electron chi connectivity index (χ1n) is 4.43. The number of methoxy groups -OCH3 is 1. The fourth-order valence-electron chi connectivity index (χ4n) is 1.14. The highest BCUT2D eigenvalue weighted by molar-refractivity contribution is 7.71. The number of aromatic amines is 1. The average molecular weight is 201 g/mol. The van der Waals surface area contributed by atoms with Crippen molar-refractivity contribution in [1.29, 1.82) is 0 Å². The predicted molar refractivity (Wildman–Crippen MR) is 53.1 cm³/mol. The molecule has 5 heteroatoms. The summed E-state index contributed by atoms with van der Waals surface area (Å²) in [5, 5.41) is 6.57.